The van der Waals surface area contributed by atoms with Crippen LogP contribution in [0.3, 0.4) is 0 Å². The van der Waals surface area contributed by atoms with Crippen molar-refractivity contribution < 1.29 is 18.7 Å². The number of hydrogen-bond acceptors (Lipinski definition) is 4. The van der Waals surface area contributed by atoms with Gasteiger partial charge in [0, 0.05) is 19.7 Å². The van der Waals surface area contributed by atoms with E-state index in [1.54, 1.807) is 26.2 Å². The zero-order chi connectivity index (χ0) is 15.7. The zero-order valence-electron chi connectivity index (χ0n) is 12.5. The molecule has 0 atom stereocenters. The van der Waals surface area contributed by atoms with Crippen LogP contribution in [0.1, 0.15) is 26.0 Å². The van der Waals surface area contributed by atoms with Gasteiger partial charge in [-0.15, -0.1) is 0 Å². The van der Waals surface area contributed by atoms with E-state index in [9.17, 15) is 9.59 Å². The van der Waals surface area contributed by atoms with Gasteiger partial charge in [-0.05, 0) is 32.4 Å². The van der Waals surface area contributed by atoms with E-state index in [1.165, 1.54) is 0 Å². The van der Waals surface area contributed by atoms with Crippen LogP contribution in [0.4, 0.5) is 4.79 Å². The molecule has 4 N–H and O–H groups in total. The first-order valence-corrected chi connectivity index (χ1v) is 6.83. The quantitative estimate of drug-likeness (QED) is 0.591. The molecule has 0 spiro atoms. The van der Waals surface area contributed by atoms with Gasteiger partial charge in [0.15, 0.2) is 0 Å². The van der Waals surface area contributed by atoms with E-state index < -0.39 is 11.3 Å². The van der Waals surface area contributed by atoms with Crippen LogP contribution in [0.5, 0.6) is 0 Å². The summed E-state index contributed by atoms with van der Waals surface area (Å²) in [5, 5.41) is 5.29. The number of ether oxygens (including phenoxy) is 1. The monoisotopic (exact) mass is 297 g/mol. The average molecular weight is 297 g/mol. The van der Waals surface area contributed by atoms with Crippen LogP contribution in [0.25, 0.3) is 0 Å². The second-order valence-corrected chi connectivity index (χ2v) is 5.34. The molecule has 0 aromatic carbocycles. The number of amides is 3. The summed E-state index contributed by atoms with van der Waals surface area (Å²) >= 11 is 0. The Morgan fingerprint density at radius 2 is 2.14 bits per heavy atom. The summed E-state index contributed by atoms with van der Waals surface area (Å²) in [5.41, 5.74) is 4.46. The predicted octanol–water partition coefficient (Wildman–Crippen LogP) is 0.997. The summed E-state index contributed by atoms with van der Waals surface area (Å²) in [5.74, 6) is 0.323. The molecule has 0 aliphatic heterocycles. The van der Waals surface area contributed by atoms with Crippen molar-refractivity contribution in [3.05, 3.63) is 24.2 Å². The Hall–Kier alpha value is -2.02. The number of urea groups is 1. The molecule has 7 nitrogen and oxygen atoms in total. The lowest BCUT2D eigenvalue weighted by molar-refractivity contribution is -0.125. The van der Waals surface area contributed by atoms with Crippen LogP contribution in [-0.4, -0.2) is 31.6 Å². The van der Waals surface area contributed by atoms with E-state index in [2.05, 4.69) is 10.6 Å². The van der Waals surface area contributed by atoms with Crippen molar-refractivity contribution in [2.45, 2.75) is 26.9 Å². The minimum absolute atomic E-state index is 0.198. The second kappa shape index (κ2) is 8.31. The van der Waals surface area contributed by atoms with Crippen LogP contribution in [0.2, 0.25) is 0 Å². The number of rotatable bonds is 9. The Labute approximate surface area is 124 Å². The molecule has 0 fully saturated rings. The van der Waals surface area contributed by atoms with Gasteiger partial charge < -0.3 is 25.5 Å². The number of carbonyl (C=O) groups excluding carboxylic acids is 2. The molecule has 0 aliphatic rings. The van der Waals surface area contributed by atoms with Gasteiger partial charge in [0.1, 0.15) is 12.4 Å². The van der Waals surface area contributed by atoms with Crippen LogP contribution >= 0.6 is 0 Å². The Morgan fingerprint density at radius 1 is 1.38 bits per heavy atom. The number of furan rings is 1. The fourth-order valence-corrected chi connectivity index (χ4v) is 1.39. The van der Waals surface area contributed by atoms with Crippen molar-refractivity contribution in [3.8, 4) is 0 Å². The van der Waals surface area contributed by atoms with E-state index in [0.717, 1.165) is 5.76 Å². The van der Waals surface area contributed by atoms with E-state index in [1.807, 2.05) is 6.07 Å². The molecule has 1 aromatic rings. The predicted molar refractivity (Wildman–Crippen MR) is 77.4 cm³/mol. The molecule has 21 heavy (non-hydrogen) atoms. The molecule has 0 aliphatic carbocycles. The van der Waals surface area contributed by atoms with Crippen molar-refractivity contribution >= 4 is 11.9 Å². The highest BCUT2D eigenvalue weighted by Crippen LogP contribution is 2.11. The van der Waals surface area contributed by atoms with Crippen LogP contribution in [0.15, 0.2) is 22.8 Å². The molecule has 7 heteroatoms. The van der Waals surface area contributed by atoms with E-state index in [4.69, 9.17) is 14.9 Å². The normalized spacial score (nSPS) is 11.1. The van der Waals surface area contributed by atoms with Gasteiger partial charge in [-0.3, -0.25) is 4.79 Å². The number of carbonyl (C=O) groups is 2. The molecule has 0 saturated carbocycles. The number of primary amides is 1. The lowest BCUT2D eigenvalue weighted by Crippen LogP contribution is -2.45. The first kappa shape index (κ1) is 17.0. The molecule has 1 rings (SSSR count). The first-order valence-electron chi connectivity index (χ1n) is 6.83. The van der Waals surface area contributed by atoms with E-state index in [0.29, 0.717) is 26.2 Å². The molecular weight excluding hydrogens is 274 g/mol. The highest BCUT2D eigenvalue weighted by molar-refractivity contribution is 5.81. The van der Waals surface area contributed by atoms with Crippen LogP contribution < -0.4 is 16.4 Å². The highest BCUT2D eigenvalue weighted by Gasteiger charge is 2.25. The molecule has 0 radical (unpaired) electrons. The third-order valence-electron chi connectivity index (χ3n) is 2.93. The number of nitrogens with two attached hydrogens (primary N) is 1. The SMILES string of the molecule is CC(C)(CNC(=O)NCCCOCc1ccco1)C(N)=O. The van der Waals surface area contributed by atoms with Gasteiger partial charge in [0.25, 0.3) is 0 Å². The summed E-state index contributed by atoms with van der Waals surface area (Å²) < 4.78 is 10.5. The summed E-state index contributed by atoms with van der Waals surface area (Å²) in [6.07, 6.45) is 2.28. The lowest BCUT2D eigenvalue weighted by atomic mass is 9.93. The molecule has 0 bridgehead atoms. The van der Waals surface area contributed by atoms with Crippen molar-refractivity contribution in [2.24, 2.45) is 11.1 Å². The summed E-state index contributed by atoms with van der Waals surface area (Å²) in [6, 6.07) is 3.32. The fourth-order valence-electron chi connectivity index (χ4n) is 1.39. The van der Waals surface area contributed by atoms with Gasteiger partial charge in [0.05, 0.1) is 11.7 Å². The molecule has 1 heterocycles. The van der Waals surface area contributed by atoms with Crippen LogP contribution in [0, 0.1) is 5.41 Å². The van der Waals surface area contributed by atoms with E-state index in [-0.39, 0.29) is 12.6 Å². The summed E-state index contributed by atoms with van der Waals surface area (Å²) in [6.45, 7) is 4.99. The molecular formula is C14H23N3O4. The zero-order valence-corrected chi connectivity index (χ0v) is 12.5. The van der Waals surface area contributed by atoms with Crippen molar-refractivity contribution in [1.29, 1.82) is 0 Å². The van der Waals surface area contributed by atoms with Crippen molar-refractivity contribution in [2.75, 3.05) is 19.7 Å². The third kappa shape index (κ3) is 6.80. The average Bonchev–Trinajstić information content (AvgIpc) is 2.93. The maximum atomic E-state index is 11.5. The summed E-state index contributed by atoms with van der Waals surface area (Å²) in [4.78, 5) is 22.6. The Balaban J connectivity index is 2.02. The number of nitrogens with one attached hydrogen (secondary N) is 2. The number of hydrogen-bond donors (Lipinski definition) is 3. The van der Waals surface area contributed by atoms with Gasteiger partial charge >= 0.3 is 6.03 Å². The lowest BCUT2D eigenvalue weighted by Gasteiger charge is -2.20. The maximum Gasteiger partial charge on any atom is 0.314 e. The van der Waals surface area contributed by atoms with E-state index >= 15 is 0 Å². The first-order chi connectivity index (χ1) is 9.92. The fraction of sp³-hybridized carbons (Fsp3) is 0.571. The maximum absolute atomic E-state index is 11.5. The van der Waals surface area contributed by atoms with Gasteiger partial charge in [-0.2, -0.15) is 0 Å². The standard InChI is InChI=1S/C14H23N3O4/c1-14(2,12(15)18)10-17-13(19)16-6-4-7-20-9-11-5-3-8-21-11/h3,5,8H,4,6-7,9-10H2,1-2H3,(H2,15,18)(H2,16,17,19). The Morgan fingerprint density at radius 3 is 2.76 bits per heavy atom. The minimum atomic E-state index is -0.760. The van der Waals surface area contributed by atoms with Crippen molar-refractivity contribution in [1.82, 2.24) is 10.6 Å². The van der Waals surface area contributed by atoms with Gasteiger partial charge in [-0.1, -0.05) is 0 Å². The molecule has 0 unspecified atom stereocenters. The third-order valence-corrected chi connectivity index (χ3v) is 2.93. The smallest absolute Gasteiger partial charge is 0.314 e. The molecule has 1 aromatic heterocycles. The second-order valence-electron chi connectivity index (χ2n) is 5.34. The summed E-state index contributed by atoms with van der Waals surface area (Å²) in [7, 11) is 0. The highest BCUT2D eigenvalue weighted by atomic mass is 16.5. The molecule has 118 valence electrons. The molecule has 3 amide bonds. The Kier molecular flexibility index (Phi) is 6.74. The largest absolute Gasteiger partial charge is 0.467 e. The van der Waals surface area contributed by atoms with Gasteiger partial charge in [-0.25, -0.2) is 4.79 Å². The topological polar surface area (TPSA) is 107 Å². The van der Waals surface area contributed by atoms with Gasteiger partial charge in [0.2, 0.25) is 5.91 Å². The minimum Gasteiger partial charge on any atom is -0.467 e. The van der Waals surface area contributed by atoms with Crippen molar-refractivity contribution in [3.63, 3.8) is 0 Å². The molecule has 0 saturated heterocycles. The van der Waals surface area contributed by atoms with Crippen LogP contribution in [-0.2, 0) is 16.1 Å². The Bertz CT molecular complexity index is 443.